The number of hydrogen-bond acceptors (Lipinski definition) is 5. The molecule has 1 atom stereocenters. The maximum atomic E-state index is 13.3. The lowest BCUT2D eigenvalue weighted by molar-refractivity contribution is -0.132. The SMILES string of the molecule is Cc1cc(=O)c(O)c([C@@H](CC(=O)N2CCc3c([nH]c4ccccc34)C2)c2ccco2)o1. The number of aromatic amines is 1. The molecule has 1 amide bonds. The minimum atomic E-state index is -0.695. The highest BCUT2D eigenvalue weighted by molar-refractivity contribution is 5.85. The van der Waals surface area contributed by atoms with Crippen LogP contribution in [0.15, 0.2) is 62.4 Å². The smallest absolute Gasteiger partial charge is 0.227 e. The molecule has 31 heavy (non-hydrogen) atoms. The van der Waals surface area contributed by atoms with Crippen molar-refractivity contribution in [2.45, 2.75) is 32.2 Å². The number of aromatic hydroxyl groups is 1. The van der Waals surface area contributed by atoms with Crippen LogP contribution >= 0.6 is 0 Å². The van der Waals surface area contributed by atoms with Crippen LogP contribution < -0.4 is 5.43 Å². The number of rotatable bonds is 4. The summed E-state index contributed by atoms with van der Waals surface area (Å²) in [6.07, 6.45) is 2.28. The first kappa shape index (κ1) is 19.2. The molecule has 0 unspecified atom stereocenters. The van der Waals surface area contributed by atoms with Gasteiger partial charge < -0.3 is 23.8 Å². The van der Waals surface area contributed by atoms with Gasteiger partial charge in [0.15, 0.2) is 5.76 Å². The topological polar surface area (TPSA) is 99.7 Å². The number of nitrogens with zero attached hydrogens (tertiary/aromatic N) is 1. The molecule has 0 radical (unpaired) electrons. The molecule has 0 bridgehead atoms. The van der Waals surface area contributed by atoms with Crippen molar-refractivity contribution in [1.29, 1.82) is 0 Å². The number of benzene rings is 1. The zero-order valence-electron chi connectivity index (χ0n) is 17.1. The first-order valence-electron chi connectivity index (χ1n) is 10.2. The van der Waals surface area contributed by atoms with Gasteiger partial charge in [-0.05, 0) is 37.1 Å². The third-order valence-electron chi connectivity index (χ3n) is 5.89. The second kappa shape index (κ2) is 7.50. The van der Waals surface area contributed by atoms with E-state index >= 15 is 0 Å². The monoisotopic (exact) mass is 418 g/mol. The minimum Gasteiger partial charge on any atom is -0.502 e. The first-order chi connectivity index (χ1) is 15.0. The molecular weight excluding hydrogens is 396 g/mol. The summed E-state index contributed by atoms with van der Waals surface area (Å²) in [5, 5.41) is 11.5. The number of fused-ring (bicyclic) bond motifs is 3. The van der Waals surface area contributed by atoms with Crippen LogP contribution in [-0.4, -0.2) is 27.4 Å². The van der Waals surface area contributed by atoms with Gasteiger partial charge in [0, 0.05) is 35.6 Å². The standard InChI is InChI=1S/C24H22N2O5/c1-14-11-20(27)23(29)24(31-14)17(21-7-4-10-30-21)12-22(28)26-9-8-16-15-5-2-3-6-18(15)25-19(16)13-26/h2-7,10-11,17,25,29H,8-9,12-13H2,1H3/t17-/m0/s1. The second-order valence-corrected chi connectivity index (χ2v) is 7.90. The Balaban J connectivity index is 1.44. The molecule has 0 spiro atoms. The van der Waals surface area contributed by atoms with E-state index in [2.05, 4.69) is 11.1 Å². The van der Waals surface area contributed by atoms with Crippen LogP contribution in [0.2, 0.25) is 0 Å². The number of carbonyl (C=O) groups excluding carboxylic acids is 1. The van der Waals surface area contributed by atoms with E-state index in [4.69, 9.17) is 8.83 Å². The fourth-order valence-corrected chi connectivity index (χ4v) is 4.38. The van der Waals surface area contributed by atoms with Gasteiger partial charge in [-0.3, -0.25) is 9.59 Å². The highest BCUT2D eigenvalue weighted by atomic mass is 16.4. The number of carbonyl (C=O) groups is 1. The zero-order valence-corrected chi connectivity index (χ0v) is 17.1. The summed E-state index contributed by atoms with van der Waals surface area (Å²) in [4.78, 5) is 30.6. The average Bonchev–Trinajstić information content (AvgIpc) is 3.42. The molecule has 0 aliphatic carbocycles. The number of para-hydroxylation sites is 1. The van der Waals surface area contributed by atoms with Crippen LogP contribution in [0.25, 0.3) is 10.9 Å². The van der Waals surface area contributed by atoms with E-state index in [1.807, 2.05) is 18.2 Å². The predicted octanol–water partition coefficient (Wildman–Crippen LogP) is 3.84. The Kier molecular flexibility index (Phi) is 4.66. The molecule has 0 saturated carbocycles. The van der Waals surface area contributed by atoms with Crippen molar-refractivity contribution < 1.29 is 18.7 Å². The van der Waals surface area contributed by atoms with Crippen molar-refractivity contribution >= 4 is 16.8 Å². The molecule has 1 aliphatic rings. The van der Waals surface area contributed by atoms with E-state index in [1.165, 1.54) is 23.3 Å². The summed E-state index contributed by atoms with van der Waals surface area (Å²) in [5.74, 6) is -0.412. The largest absolute Gasteiger partial charge is 0.502 e. The highest BCUT2D eigenvalue weighted by Gasteiger charge is 2.31. The zero-order chi connectivity index (χ0) is 21.5. The number of aromatic nitrogens is 1. The molecule has 0 saturated heterocycles. The molecule has 4 aromatic rings. The Morgan fingerprint density at radius 3 is 2.90 bits per heavy atom. The van der Waals surface area contributed by atoms with Crippen LogP contribution in [0, 0.1) is 6.92 Å². The number of furan rings is 1. The third kappa shape index (κ3) is 3.42. The summed E-state index contributed by atoms with van der Waals surface area (Å²) >= 11 is 0. The minimum absolute atomic E-state index is 0.0169. The van der Waals surface area contributed by atoms with E-state index in [9.17, 15) is 14.7 Å². The van der Waals surface area contributed by atoms with Gasteiger partial charge in [0.1, 0.15) is 11.5 Å². The molecular formula is C24H22N2O5. The van der Waals surface area contributed by atoms with E-state index in [0.717, 1.165) is 17.6 Å². The molecule has 1 aliphatic heterocycles. The van der Waals surface area contributed by atoms with E-state index in [0.29, 0.717) is 24.6 Å². The summed E-state index contributed by atoms with van der Waals surface area (Å²) in [6.45, 7) is 2.72. The number of hydrogen-bond donors (Lipinski definition) is 2. The molecule has 1 aromatic carbocycles. The molecule has 7 heteroatoms. The maximum Gasteiger partial charge on any atom is 0.227 e. The Morgan fingerprint density at radius 2 is 2.10 bits per heavy atom. The van der Waals surface area contributed by atoms with Crippen molar-refractivity contribution in [3.63, 3.8) is 0 Å². The average molecular weight is 418 g/mol. The predicted molar refractivity (Wildman–Crippen MR) is 114 cm³/mol. The van der Waals surface area contributed by atoms with Crippen molar-refractivity contribution in [2.75, 3.05) is 6.54 Å². The van der Waals surface area contributed by atoms with Gasteiger partial charge in [-0.25, -0.2) is 0 Å². The van der Waals surface area contributed by atoms with Gasteiger partial charge in [-0.2, -0.15) is 0 Å². The summed E-state index contributed by atoms with van der Waals surface area (Å²) in [6, 6.07) is 12.8. The first-order valence-corrected chi connectivity index (χ1v) is 10.2. The lowest BCUT2D eigenvalue weighted by atomic mass is 9.96. The molecule has 0 fully saturated rings. The van der Waals surface area contributed by atoms with Crippen molar-refractivity contribution in [3.8, 4) is 5.75 Å². The van der Waals surface area contributed by atoms with E-state index < -0.39 is 17.1 Å². The van der Waals surface area contributed by atoms with Crippen LogP contribution in [0.3, 0.4) is 0 Å². The Morgan fingerprint density at radius 1 is 1.26 bits per heavy atom. The second-order valence-electron chi connectivity index (χ2n) is 7.90. The van der Waals surface area contributed by atoms with Crippen LogP contribution in [-0.2, 0) is 17.8 Å². The normalized spacial score (nSPS) is 14.5. The Hall–Kier alpha value is -3.74. The Labute approximate surface area is 177 Å². The molecule has 7 nitrogen and oxygen atoms in total. The quantitative estimate of drug-likeness (QED) is 0.525. The van der Waals surface area contributed by atoms with Crippen LogP contribution in [0.4, 0.5) is 0 Å². The molecule has 5 rings (SSSR count). The van der Waals surface area contributed by atoms with E-state index in [-0.39, 0.29) is 18.1 Å². The molecule has 3 aromatic heterocycles. The molecule has 2 N–H and O–H groups in total. The van der Waals surface area contributed by atoms with Gasteiger partial charge >= 0.3 is 0 Å². The highest BCUT2D eigenvalue weighted by Crippen LogP contribution is 2.35. The number of aryl methyl sites for hydroxylation is 1. The van der Waals surface area contributed by atoms with E-state index in [1.54, 1.807) is 24.0 Å². The van der Waals surface area contributed by atoms with Gasteiger partial charge in [0.05, 0.1) is 18.7 Å². The summed E-state index contributed by atoms with van der Waals surface area (Å²) in [5.41, 5.74) is 2.83. The van der Waals surface area contributed by atoms with Gasteiger partial charge in [0.2, 0.25) is 17.1 Å². The summed E-state index contributed by atoms with van der Waals surface area (Å²) < 4.78 is 11.2. The fraction of sp³-hybridized carbons (Fsp3) is 0.250. The summed E-state index contributed by atoms with van der Waals surface area (Å²) in [7, 11) is 0. The van der Waals surface area contributed by atoms with Crippen molar-refractivity contribution in [3.05, 3.63) is 87.5 Å². The Bertz CT molecular complexity index is 1320. The number of H-pyrrole nitrogens is 1. The number of nitrogens with one attached hydrogen (secondary N) is 1. The van der Waals surface area contributed by atoms with Gasteiger partial charge in [0.25, 0.3) is 0 Å². The van der Waals surface area contributed by atoms with Crippen molar-refractivity contribution in [2.24, 2.45) is 0 Å². The fourth-order valence-electron chi connectivity index (χ4n) is 4.38. The van der Waals surface area contributed by atoms with Gasteiger partial charge in [-0.1, -0.05) is 18.2 Å². The third-order valence-corrected chi connectivity index (χ3v) is 5.89. The number of amides is 1. The molecule has 4 heterocycles. The lowest BCUT2D eigenvalue weighted by Crippen LogP contribution is -2.36. The van der Waals surface area contributed by atoms with Crippen LogP contribution in [0.5, 0.6) is 5.75 Å². The van der Waals surface area contributed by atoms with Crippen LogP contribution in [0.1, 0.15) is 40.9 Å². The molecule has 158 valence electrons. The van der Waals surface area contributed by atoms with Crippen molar-refractivity contribution in [1.82, 2.24) is 9.88 Å². The van der Waals surface area contributed by atoms with Gasteiger partial charge in [-0.15, -0.1) is 0 Å². The lowest BCUT2D eigenvalue weighted by Gasteiger charge is -2.28. The maximum absolute atomic E-state index is 13.3.